The summed E-state index contributed by atoms with van der Waals surface area (Å²) in [7, 11) is 1.37. The molecule has 0 bridgehead atoms. The summed E-state index contributed by atoms with van der Waals surface area (Å²) >= 11 is 0. The van der Waals surface area contributed by atoms with Crippen molar-refractivity contribution >= 4 is 17.5 Å². The summed E-state index contributed by atoms with van der Waals surface area (Å²) in [6, 6.07) is 11.0. The van der Waals surface area contributed by atoms with Gasteiger partial charge in [0.2, 0.25) is 0 Å². The topological polar surface area (TPSA) is 51.2 Å². The van der Waals surface area contributed by atoms with Crippen LogP contribution in [-0.4, -0.2) is 18.1 Å². The number of hydrogen-bond acceptors (Lipinski definition) is 4. The van der Waals surface area contributed by atoms with Crippen molar-refractivity contribution in [1.82, 2.24) is 4.98 Å². The Morgan fingerprint density at radius 1 is 1.28 bits per heavy atom. The largest absolute Gasteiger partial charge is 0.465 e. The number of benzene rings is 1. The number of rotatable bonds is 3. The van der Waals surface area contributed by atoms with Crippen molar-refractivity contribution in [2.24, 2.45) is 0 Å². The first-order chi connectivity index (χ1) is 8.69. The number of nitrogens with zero attached hydrogens (tertiary/aromatic N) is 1. The van der Waals surface area contributed by atoms with E-state index in [0.717, 1.165) is 17.1 Å². The number of anilines is 2. The van der Waals surface area contributed by atoms with Gasteiger partial charge in [-0.05, 0) is 42.8 Å². The predicted molar refractivity (Wildman–Crippen MR) is 70.0 cm³/mol. The Labute approximate surface area is 106 Å². The normalized spacial score (nSPS) is 9.89. The molecular weight excluding hydrogens is 228 g/mol. The molecule has 0 atom stereocenters. The van der Waals surface area contributed by atoms with Gasteiger partial charge >= 0.3 is 5.97 Å². The second-order valence-electron chi connectivity index (χ2n) is 3.92. The maximum absolute atomic E-state index is 11.4. The SMILES string of the molecule is COC(=O)c1cccc(Nc2cc(C)ccn2)c1. The smallest absolute Gasteiger partial charge is 0.337 e. The Balaban J connectivity index is 2.22. The molecule has 0 aliphatic carbocycles. The van der Waals surface area contributed by atoms with Gasteiger partial charge in [0.15, 0.2) is 0 Å². The number of carbonyl (C=O) groups is 1. The minimum Gasteiger partial charge on any atom is -0.465 e. The Morgan fingerprint density at radius 3 is 2.83 bits per heavy atom. The van der Waals surface area contributed by atoms with Crippen LogP contribution in [0.25, 0.3) is 0 Å². The number of aromatic nitrogens is 1. The van der Waals surface area contributed by atoms with Crippen LogP contribution in [-0.2, 0) is 4.74 Å². The van der Waals surface area contributed by atoms with Crippen LogP contribution in [0.3, 0.4) is 0 Å². The van der Waals surface area contributed by atoms with Crippen molar-refractivity contribution in [3.05, 3.63) is 53.7 Å². The fourth-order valence-electron chi connectivity index (χ4n) is 1.59. The summed E-state index contributed by atoms with van der Waals surface area (Å²) in [6.45, 7) is 2.00. The van der Waals surface area contributed by atoms with E-state index in [1.807, 2.05) is 25.1 Å². The second kappa shape index (κ2) is 5.31. The second-order valence-corrected chi connectivity index (χ2v) is 3.92. The van der Waals surface area contributed by atoms with Crippen LogP contribution in [0.2, 0.25) is 0 Å². The van der Waals surface area contributed by atoms with Gasteiger partial charge in [-0.1, -0.05) is 6.07 Å². The van der Waals surface area contributed by atoms with Crippen LogP contribution >= 0.6 is 0 Å². The lowest BCUT2D eigenvalue weighted by Gasteiger charge is -2.07. The number of methoxy groups -OCH3 is 1. The molecular formula is C14H14N2O2. The molecule has 1 heterocycles. The van der Waals surface area contributed by atoms with E-state index < -0.39 is 0 Å². The molecule has 0 spiro atoms. The van der Waals surface area contributed by atoms with Crippen LogP contribution < -0.4 is 5.32 Å². The predicted octanol–water partition coefficient (Wildman–Crippen LogP) is 2.92. The van der Waals surface area contributed by atoms with Gasteiger partial charge in [-0.3, -0.25) is 0 Å². The van der Waals surface area contributed by atoms with Crippen molar-refractivity contribution in [1.29, 1.82) is 0 Å². The van der Waals surface area contributed by atoms with Crippen LogP contribution in [0.5, 0.6) is 0 Å². The van der Waals surface area contributed by atoms with E-state index in [4.69, 9.17) is 0 Å². The molecule has 1 aromatic carbocycles. The molecule has 0 radical (unpaired) electrons. The fourth-order valence-corrected chi connectivity index (χ4v) is 1.59. The zero-order chi connectivity index (χ0) is 13.0. The maximum Gasteiger partial charge on any atom is 0.337 e. The monoisotopic (exact) mass is 242 g/mol. The van der Waals surface area contributed by atoms with Gasteiger partial charge < -0.3 is 10.1 Å². The van der Waals surface area contributed by atoms with Gasteiger partial charge in [0.1, 0.15) is 5.82 Å². The lowest BCUT2D eigenvalue weighted by molar-refractivity contribution is 0.0601. The molecule has 0 aliphatic rings. The standard InChI is InChI=1S/C14H14N2O2/c1-10-6-7-15-13(8-10)16-12-5-3-4-11(9-12)14(17)18-2/h3-9H,1-2H3,(H,15,16). The number of nitrogens with one attached hydrogen (secondary N) is 1. The molecule has 1 aromatic heterocycles. The van der Waals surface area contributed by atoms with Gasteiger partial charge in [-0.15, -0.1) is 0 Å². The molecule has 4 heteroatoms. The zero-order valence-electron chi connectivity index (χ0n) is 10.3. The number of aryl methyl sites for hydroxylation is 1. The third-order valence-corrected chi connectivity index (χ3v) is 2.47. The highest BCUT2D eigenvalue weighted by atomic mass is 16.5. The molecule has 18 heavy (non-hydrogen) atoms. The van der Waals surface area contributed by atoms with Crippen LogP contribution in [0, 0.1) is 6.92 Å². The average Bonchev–Trinajstić information content (AvgIpc) is 2.38. The van der Waals surface area contributed by atoms with Crippen molar-refractivity contribution in [2.45, 2.75) is 6.92 Å². The van der Waals surface area contributed by atoms with Crippen molar-refractivity contribution in [2.75, 3.05) is 12.4 Å². The van der Waals surface area contributed by atoms with Crippen molar-refractivity contribution < 1.29 is 9.53 Å². The highest BCUT2D eigenvalue weighted by Crippen LogP contribution is 2.17. The van der Waals surface area contributed by atoms with Gasteiger partial charge in [0.25, 0.3) is 0 Å². The molecule has 0 aliphatic heterocycles. The van der Waals surface area contributed by atoms with E-state index in [9.17, 15) is 4.79 Å². The quantitative estimate of drug-likeness (QED) is 0.841. The molecule has 2 aromatic rings. The Morgan fingerprint density at radius 2 is 2.11 bits per heavy atom. The molecule has 0 fully saturated rings. The minimum atomic E-state index is -0.351. The number of hydrogen-bond donors (Lipinski definition) is 1. The summed E-state index contributed by atoms with van der Waals surface area (Å²) in [5.41, 5.74) is 2.43. The summed E-state index contributed by atoms with van der Waals surface area (Å²) < 4.78 is 4.68. The Kier molecular flexibility index (Phi) is 3.57. The van der Waals surface area contributed by atoms with Gasteiger partial charge in [-0.25, -0.2) is 9.78 Å². The molecule has 92 valence electrons. The molecule has 0 unspecified atom stereocenters. The van der Waals surface area contributed by atoms with E-state index in [2.05, 4.69) is 15.0 Å². The number of ether oxygens (including phenoxy) is 1. The third-order valence-electron chi connectivity index (χ3n) is 2.47. The van der Waals surface area contributed by atoms with E-state index >= 15 is 0 Å². The zero-order valence-corrected chi connectivity index (χ0v) is 10.3. The number of carbonyl (C=O) groups excluding carboxylic acids is 1. The molecule has 0 saturated carbocycles. The van der Waals surface area contributed by atoms with Crippen LogP contribution in [0.1, 0.15) is 15.9 Å². The lowest BCUT2D eigenvalue weighted by Crippen LogP contribution is -2.02. The lowest BCUT2D eigenvalue weighted by atomic mass is 10.2. The third kappa shape index (κ3) is 2.85. The van der Waals surface area contributed by atoms with Crippen LogP contribution in [0.15, 0.2) is 42.6 Å². The van der Waals surface area contributed by atoms with Crippen LogP contribution in [0.4, 0.5) is 11.5 Å². The van der Waals surface area contributed by atoms with E-state index in [1.165, 1.54) is 7.11 Å². The maximum atomic E-state index is 11.4. The van der Waals surface area contributed by atoms with Gasteiger partial charge in [-0.2, -0.15) is 0 Å². The summed E-state index contributed by atoms with van der Waals surface area (Å²) in [6.07, 6.45) is 1.74. The Bertz CT molecular complexity index is 567. The van der Waals surface area contributed by atoms with E-state index in [-0.39, 0.29) is 5.97 Å². The number of esters is 1. The summed E-state index contributed by atoms with van der Waals surface area (Å²) in [4.78, 5) is 15.6. The highest BCUT2D eigenvalue weighted by Gasteiger charge is 2.05. The van der Waals surface area contributed by atoms with E-state index in [1.54, 1.807) is 24.4 Å². The van der Waals surface area contributed by atoms with Crippen molar-refractivity contribution in [3.63, 3.8) is 0 Å². The van der Waals surface area contributed by atoms with Gasteiger partial charge in [0, 0.05) is 11.9 Å². The molecule has 1 N–H and O–H groups in total. The Hall–Kier alpha value is -2.36. The van der Waals surface area contributed by atoms with Gasteiger partial charge in [0.05, 0.1) is 12.7 Å². The fraction of sp³-hybridized carbons (Fsp3) is 0.143. The first-order valence-electron chi connectivity index (χ1n) is 5.57. The molecule has 0 amide bonds. The summed E-state index contributed by atoms with van der Waals surface area (Å²) in [5, 5.41) is 3.15. The minimum absolute atomic E-state index is 0.351. The first-order valence-corrected chi connectivity index (χ1v) is 5.57. The highest BCUT2D eigenvalue weighted by molar-refractivity contribution is 5.90. The number of pyridine rings is 1. The van der Waals surface area contributed by atoms with E-state index in [0.29, 0.717) is 5.56 Å². The molecule has 0 saturated heterocycles. The molecule has 2 rings (SSSR count). The first kappa shape index (κ1) is 12.1. The average molecular weight is 242 g/mol. The van der Waals surface area contributed by atoms with Crippen molar-refractivity contribution in [3.8, 4) is 0 Å². The summed E-state index contributed by atoms with van der Waals surface area (Å²) in [5.74, 6) is 0.396. The molecule has 4 nitrogen and oxygen atoms in total.